The van der Waals surface area contributed by atoms with Crippen LogP contribution in [0.2, 0.25) is 0 Å². The van der Waals surface area contributed by atoms with E-state index in [1.807, 2.05) is 24.3 Å². The Labute approximate surface area is 142 Å². The van der Waals surface area contributed by atoms with E-state index in [9.17, 15) is 9.59 Å². The van der Waals surface area contributed by atoms with Crippen LogP contribution in [0.3, 0.4) is 0 Å². The van der Waals surface area contributed by atoms with Gasteiger partial charge in [0.05, 0.1) is 12.7 Å². The molecule has 2 rings (SSSR count). The van der Waals surface area contributed by atoms with Crippen LogP contribution in [0.25, 0.3) is 0 Å². The van der Waals surface area contributed by atoms with Crippen LogP contribution in [0.15, 0.2) is 42.5 Å². The number of rotatable bonds is 3. The second-order valence-electron chi connectivity index (χ2n) is 6.75. The Morgan fingerprint density at radius 3 is 2.17 bits per heavy atom. The third-order valence-corrected chi connectivity index (χ3v) is 4.00. The third kappa shape index (κ3) is 3.82. The van der Waals surface area contributed by atoms with E-state index < -0.39 is 5.97 Å². The predicted molar refractivity (Wildman–Crippen MR) is 95.6 cm³/mol. The molecule has 0 aromatic heterocycles. The first kappa shape index (κ1) is 17.7. The molecule has 1 amide bonds. The molecule has 0 saturated carbocycles. The molecule has 0 spiro atoms. The molecule has 0 aliphatic rings. The van der Waals surface area contributed by atoms with Crippen molar-refractivity contribution in [1.82, 2.24) is 0 Å². The molecule has 126 valence electrons. The standard InChI is InChI=1S/C20H23NO3/c1-13-16(19(23)24-5)7-6-8-17(13)21-18(22)14-9-11-15(12-10-14)20(2,3)4/h6-12H,1-5H3,(H,21,22). The maximum atomic E-state index is 12.5. The van der Waals surface area contributed by atoms with Crippen LogP contribution in [0.4, 0.5) is 5.69 Å². The summed E-state index contributed by atoms with van der Waals surface area (Å²) in [4.78, 5) is 24.2. The van der Waals surface area contributed by atoms with Crippen LogP contribution < -0.4 is 5.32 Å². The van der Waals surface area contributed by atoms with E-state index in [1.165, 1.54) is 12.7 Å². The number of nitrogens with one attached hydrogen (secondary N) is 1. The van der Waals surface area contributed by atoms with Crippen LogP contribution in [-0.2, 0) is 10.2 Å². The smallest absolute Gasteiger partial charge is 0.338 e. The molecule has 4 heteroatoms. The highest BCUT2D eigenvalue weighted by molar-refractivity contribution is 6.05. The maximum absolute atomic E-state index is 12.5. The average Bonchev–Trinajstić information content (AvgIpc) is 2.55. The second-order valence-corrected chi connectivity index (χ2v) is 6.75. The molecule has 24 heavy (non-hydrogen) atoms. The van der Waals surface area contributed by atoms with Crippen LogP contribution in [0.5, 0.6) is 0 Å². The van der Waals surface area contributed by atoms with E-state index in [1.54, 1.807) is 25.1 Å². The van der Waals surface area contributed by atoms with E-state index in [4.69, 9.17) is 4.74 Å². The Morgan fingerprint density at radius 1 is 1.00 bits per heavy atom. The fourth-order valence-electron chi connectivity index (χ4n) is 2.42. The highest BCUT2D eigenvalue weighted by Gasteiger charge is 2.16. The minimum atomic E-state index is -0.418. The zero-order valence-corrected chi connectivity index (χ0v) is 14.8. The lowest BCUT2D eigenvalue weighted by atomic mass is 9.86. The summed E-state index contributed by atoms with van der Waals surface area (Å²) in [5, 5.41) is 2.86. The summed E-state index contributed by atoms with van der Waals surface area (Å²) in [6.45, 7) is 8.17. The third-order valence-electron chi connectivity index (χ3n) is 4.00. The van der Waals surface area contributed by atoms with Crippen LogP contribution >= 0.6 is 0 Å². The summed E-state index contributed by atoms with van der Waals surface area (Å²) in [5.74, 6) is -0.626. The van der Waals surface area contributed by atoms with Gasteiger partial charge in [0.15, 0.2) is 0 Å². The first-order chi connectivity index (χ1) is 11.2. The van der Waals surface area contributed by atoms with Crippen molar-refractivity contribution in [1.29, 1.82) is 0 Å². The molecule has 0 heterocycles. The van der Waals surface area contributed by atoms with E-state index in [2.05, 4.69) is 26.1 Å². The van der Waals surface area contributed by atoms with Crippen molar-refractivity contribution in [2.75, 3.05) is 12.4 Å². The Kier molecular flexibility index (Phi) is 5.07. The van der Waals surface area contributed by atoms with Crippen LogP contribution in [0, 0.1) is 6.92 Å². The van der Waals surface area contributed by atoms with Gasteiger partial charge < -0.3 is 10.1 Å². The lowest BCUT2D eigenvalue weighted by Crippen LogP contribution is -2.15. The summed E-state index contributed by atoms with van der Waals surface area (Å²) in [6, 6.07) is 12.7. The topological polar surface area (TPSA) is 55.4 Å². The average molecular weight is 325 g/mol. The fraction of sp³-hybridized carbons (Fsp3) is 0.300. The number of methoxy groups -OCH3 is 1. The molecular formula is C20H23NO3. The van der Waals surface area contributed by atoms with Crippen molar-refractivity contribution in [3.63, 3.8) is 0 Å². The molecule has 4 nitrogen and oxygen atoms in total. The Bertz CT molecular complexity index is 755. The monoisotopic (exact) mass is 325 g/mol. The number of ether oxygens (including phenoxy) is 1. The molecule has 0 saturated heterocycles. The van der Waals surface area contributed by atoms with Crippen LogP contribution in [0.1, 0.15) is 52.6 Å². The van der Waals surface area contributed by atoms with Gasteiger partial charge in [0.25, 0.3) is 5.91 Å². The highest BCUT2D eigenvalue weighted by Crippen LogP contribution is 2.23. The maximum Gasteiger partial charge on any atom is 0.338 e. The number of carbonyl (C=O) groups is 2. The zero-order valence-electron chi connectivity index (χ0n) is 14.8. The Balaban J connectivity index is 2.23. The molecule has 0 aliphatic carbocycles. The van der Waals surface area contributed by atoms with Crippen molar-refractivity contribution < 1.29 is 14.3 Å². The fourth-order valence-corrected chi connectivity index (χ4v) is 2.42. The highest BCUT2D eigenvalue weighted by atomic mass is 16.5. The molecule has 0 atom stereocenters. The molecule has 2 aromatic rings. The summed E-state index contributed by atoms with van der Waals surface area (Å²) >= 11 is 0. The van der Waals surface area contributed by atoms with Crippen molar-refractivity contribution >= 4 is 17.6 Å². The Morgan fingerprint density at radius 2 is 1.62 bits per heavy atom. The molecule has 0 aliphatic heterocycles. The second kappa shape index (κ2) is 6.87. The van der Waals surface area contributed by atoms with Gasteiger partial charge >= 0.3 is 5.97 Å². The summed E-state index contributed by atoms with van der Waals surface area (Å²) in [6.07, 6.45) is 0. The number of benzene rings is 2. The SMILES string of the molecule is COC(=O)c1cccc(NC(=O)c2ccc(C(C)(C)C)cc2)c1C. The van der Waals surface area contributed by atoms with Crippen molar-refractivity contribution in [3.8, 4) is 0 Å². The largest absolute Gasteiger partial charge is 0.465 e. The van der Waals surface area contributed by atoms with Crippen molar-refractivity contribution in [2.45, 2.75) is 33.1 Å². The van der Waals surface area contributed by atoms with E-state index in [0.29, 0.717) is 22.4 Å². The number of anilines is 1. The van der Waals surface area contributed by atoms with Gasteiger partial charge in [0.2, 0.25) is 0 Å². The normalized spacial score (nSPS) is 11.0. The van der Waals surface area contributed by atoms with Gasteiger partial charge in [-0.15, -0.1) is 0 Å². The van der Waals surface area contributed by atoms with Gasteiger partial charge in [-0.3, -0.25) is 4.79 Å². The predicted octanol–water partition coefficient (Wildman–Crippen LogP) is 4.33. The molecule has 2 aromatic carbocycles. The molecule has 0 fully saturated rings. The molecule has 0 unspecified atom stereocenters. The molecule has 1 N–H and O–H groups in total. The first-order valence-electron chi connectivity index (χ1n) is 7.84. The number of amides is 1. The minimum absolute atomic E-state index is 0.0421. The number of esters is 1. The van der Waals surface area contributed by atoms with Crippen molar-refractivity contribution in [2.24, 2.45) is 0 Å². The lowest BCUT2D eigenvalue weighted by molar-refractivity contribution is 0.0599. The Hall–Kier alpha value is -2.62. The number of hydrogen-bond acceptors (Lipinski definition) is 3. The number of hydrogen-bond donors (Lipinski definition) is 1. The molecule has 0 radical (unpaired) electrons. The lowest BCUT2D eigenvalue weighted by Gasteiger charge is -2.19. The van der Waals surface area contributed by atoms with E-state index in [-0.39, 0.29) is 11.3 Å². The molecule has 0 bridgehead atoms. The molecular weight excluding hydrogens is 302 g/mol. The minimum Gasteiger partial charge on any atom is -0.465 e. The first-order valence-corrected chi connectivity index (χ1v) is 7.84. The quantitative estimate of drug-likeness (QED) is 0.855. The van der Waals surface area contributed by atoms with Crippen molar-refractivity contribution in [3.05, 3.63) is 64.7 Å². The summed E-state index contributed by atoms with van der Waals surface area (Å²) < 4.78 is 4.76. The van der Waals surface area contributed by atoms with Gasteiger partial charge in [0.1, 0.15) is 0 Å². The number of carbonyl (C=O) groups excluding carboxylic acids is 2. The van der Waals surface area contributed by atoms with Gasteiger partial charge in [-0.2, -0.15) is 0 Å². The zero-order chi connectivity index (χ0) is 17.9. The van der Waals surface area contributed by atoms with Crippen LogP contribution in [-0.4, -0.2) is 19.0 Å². The van der Waals surface area contributed by atoms with Gasteiger partial charge in [-0.05, 0) is 47.7 Å². The summed E-state index contributed by atoms with van der Waals surface area (Å²) in [5.41, 5.74) is 3.51. The van der Waals surface area contributed by atoms with Gasteiger partial charge in [-0.25, -0.2) is 4.79 Å². The van der Waals surface area contributed by atoms with E-state index >= 15 is 0 Å². The van der Waals surface area contributed by atoms with Gasteiger partial charge in [0, 0.05) is 11.3 Å². The van der Waals surface area contributed by atoms with E-state index in [0.717, 1.165) is 0 Å². The van der Waals surface area contributed by atoms with Gasteiger partial charge in [-0.1, -0.05) is 39.0 Å². The summed E-state index contributed by atoms with van der Waals surface area (Å²) in [7, 11) is 1.34.